The number of ether oxygens (including phenoxy) is 1. The molecule has 0 saturated heterocycles. The third-order valence-corrected chi connectivity index (χ3v) is 2.06. The molecule has 1 aromatic carbocycles. The summed E-state index contributed by atoms with van der Waals surface area (Å²) >= 11 is 0. The zero-order valence-corrected chi connectivity index (χ0v) is 6.55. The second-order valence-corrected chi connectivity index (χ2v) is 2.91. The maximum Gasteiger partial charge on any atom is 0.124 e. The van der Waals surface area contributed by atoms with Gasteiger partial charge in [0, 0.05) is 23.7 Å². The van der Waals surface area contributed by atoms with E-state index in [1.165, 1.54) is 11.1 Å². The fraction of sp³-hybridized carbons (Fsp3) is 0.333. The summed E-state index contributed by atoms with van der Waals surface area (Å²) in [6, 6.07) is 3.89. The van der Waals surface area contributed by atoms with E-state index in [0.29, 0.717) is 0 Å². The number of nitrogens with two attached hydrogens (primary N) is 1. The second kappa shape index (κ2) is 2.16. The lowest BCUT2D eigenvalue weighted by Gasteiger charge is -2.03. The minimum absolute atomic E-state index is 0.795. The normalized spacial score (nSPS) is 14.3. The maximum absolute atomic E-state index is 5.65. The van der Waals surface area contributed by atoms with Gasteiger partial charge in [0.2, 0.25) is 0 Å². The van der Waals surface area contributed by atoms with Crippen molar-refractivity contribution < 1.29 is 4.74 Å². The van der Waals surface area contributed by atoms with Crippen LogP contribution in [0.4, 0.5) is 5.69 Å². The number of fused-ring (bicyclic) bond motifs is 1. The molecule has 0 amide bonds. The molecule has 0 spiro atoms. The molecule has 0 fully saturated rings. The van der Waals surface area contributed by atoms with E-state index in [2.05, 4.69) is 6.92 Å². The summed E-state index contributed by atoms with van der Waals surface area (Å²) < 4.78 is 5.38. The third kappa shape index (κ3) is 0.946. The Morgan fingerprint density at radius 1 is 1.45 bits per heavy atom. The van der Waals surface area contributed by atoms with Crippen molar-refractivity contribution in [2.45, 2.75) is 13.3 Å². The summed E-state index contributed by atoms with van der Waals surface area (Å²) in [7, 11) is 0. The molecule has 58 valence electrons. The Kier molecular flexibility index (Phi) is 1.28. The molecular weight excluding hydrogens is 138 g/mol. The van der Waals surface area contributed by atoms with Crippen LogP contribution in [-0.4, -0.2) is 6.61 Å². The minimum Gasteiger partial charge on any atom is -0.493 e. The molecule has 1 aliphatic heterocycles. The highest BCUT2D eigenvalue weighted by molar-refractivity contribution is 5.54. The molecule has 0 radical (unpaired) electrons. The first-order valence-electron chi connectivity index (χ1n) is 3.79. The predicted octanol–water partition coefficient (Wildman–Crippen LogP) is 1.51. The fourth-order valence-electron chi connectivity index (χ4n) is 1.52. The molecular formula is C9H11NO. The van der Waals surface area contributed by atoms with Gasteiger partial charge >= 0.3 is 0 Å². The van der Waals surface area contributed by atoms with Crippen molar-refractivity contribution in [1.29, 1.82) is 0 Å². The average molecular weight is 149 g/mol. The Hall–Kier alpha value is -1.18. The molecule has 0 saturated carbocycles. The highest BCUT2D eigenvalue weighted by atomic mass is 16.5. The van der Waals surface area contributed by atoms with Crippen molar-refractivity contribution in [1.82, 2.24) is 0 Å². The van der Waals surface area contributed by atoms with Gasteiger partial charge in [-0.2, -0.15) is 0 Å². The summed E-state index contributed by atoms with van der Waals surface area (Å²) in [5, 5.41) is 0. The molecule has 2 heteroatoms. The van der Waals surface area contributed by atoms with E-state index in [-0.39, 0.29) is 0 Å². The average Bonchev–Trinajstić information content (AvgIpc) is 2.34. The number of hydrogen-bond donors (Lipinski definition) is 1. The number of hydrogen-bond acceptors (Lipinski definition) is 2. The van der Waals surface area contributed by atoms with Crippen molar-refractivity contribution in [3.63, 3.8) is 0 Å². The van der Waals surface area contributed by atoms with E-state index in [4.69, 9.17) is 10.5 Å². The number of aryl methyl sites for hydroxylation is 1. The first-order valence-corrected chi connectivity index (χ1v) is 3.79. The van der Waals surface area contributed by atoms with Gasteiger partial charge < -0.3 is 10.5 Å². The summed E-state index contributed by atoms with van der Waals surface area (Å²) in [6.45, 7) is 2.88. The molecule has 1 aliphatic rings. The van der Waals surface area contributed by atoms with Crippen LogP contribution in [0.15, 0.2) is 12.1 Å². The first-order chi connectivity index (χ1) is 5.27. The summed E-state index contributed by atoms with van der Waals surface area (Å²) in [5.41, 5.74) is 9.01. The zero-order chi connectivity index (χ0) is 7.84. The van der Waals surface area contributed by atoms with Gasteiger partial charge in [-0.05, 0) is 18.6 Å². The largest absolute Gasteiger partial charge is 0.493 e. The van der Waals surface area contributed by atoms with Gasteiger partial charge in [0.05, 0.1) is 6.61 Å². The van der Waals surface area contributed by atoms with Crippen molar-refractivity contribution in [3.05, 3.63) is 23.3 Å². The monoisotopic (exact) mass is 149 g/mol. The number of nitrogen functional groups attached to an aromatic ring is 1. The van der Waals surface area contributed by atoms with E-state index in [1.807, 2.05) is 12.1 Å². The molecule has 0 aromatic heterocycles. The van der Waals surface area contributed by atoms with Gasteiger partial charge in [0.15, 0.2) is 0 Å². The second-order valence-electron chi connectivity index (χ2n) is 2.91. The van der Waals surface area contributed by atoms with E-state index in [0.717, 1.165) is 24.5 Å². The molecule has 2 N–H and O–H groups in total. The van der Waals surface area contributed by atoms with Crippen molar-refractivity contribution in [2.24, 2.45) is 0 Å². The van der Waals surface area contributed by atoms with Crippen LogP contribution in [0.1, 0.15) is 11.1 Å². The van der Waals surface area contributed by atoms with Crippen molar-refractivity contribution in [3.8, 4) is 5.75 Å². The van der Waals surface area contributed by atoms with Gasteiger partial charge in [0.1, 0.15) is 5.75 Å². The van der Waals surface area contributed by atoms with E-state index < -0.39 is 0 Å². The van der Waals surface area contributed by atoms with Gasteiger partial charge in [0.25, 0.3) is 0 Å². The highest BCUT2D eigenvalue weighted by Crippen LogP contribution is 2.30. The van der Waals surface area contributed by atoms with E-state index in [9.17, 15) is 0 Å². The lowest BCUT2D eigenvalue weighted by molar-refractivity contribution is 0.357. The zero-order valence-electron chi connectivity index (χ0n) is 6.55. The SMILES string of the molecule is Cc1cc(N)cc2c1CCO2. The standard InChI is InChI=1S/C9H11NO/c1-6-4-7(10)5-9-8(6)2-3-11-9/h4-5H,2-3,10H2,1H3. The lowest BCUT2D eigenvalue weighted by atomic mass is 10.1. The Labute approximate surface area is 66.0 Å². The topological polar surface area (TPSA) is 35.2 Å². The molecule has 2 nitrogen and oxygen atoms in total. The lowest BCUT2D eigenvalue weighted by Crippen LogP contribution is -1.89. The smallest absolute Gasteiger partial charge is 0.124 e. The summed E-state index contributed by atoms with van der Waals surface area (Å²) in [5.74, 6) is 0.975. The fourth-order valence-corrected chi connectivity index (χ4v) is 1.52. The molecule has 0 unspecified atom stereocenters. The molecule has 1 aromatic rings. The molecule has 0 atom stereocenters. The first kappa shape index (κ1) is 6.53. The quantitative estimate of drug-likeness (QED) is 0.567. The van der Waals surface area contributed by atoms with E-state index >= 15 is 0 Å². The van der Waals surface area contributed by atoms with Crippen LogP contribution >= 0.6 is 0 Å². The Morgan fingerprint density at radius 3 is 3.09 bits per heavy atom. The number of anilines is 1. The molecule has 11 heavy (non-hydrogen) atoms. The predicted molar refractivity (Wildman–Crippen MR) is 44.8 cm³/mol. The van der Waals surface area contributed by atoms with Crippen LogP contribution < -0.4 is 10.5 Å². The molecule has 0 aliphatic carbocycles. The minimum atomic E-state index is 0.795. The van der Waals surface area contributed by atoms with Gasteiger partial charge in [-0.1, -0.05) is 0 Å². The third-order valence-electron chi connectivity index (χ3n) is 2.06. The molecule has 1 heterocycles. The number of benzene rings is 1. The van der Waals surface area contributed by atoms with Crippen LogP contribution in [0.2, 0.25) is 0 Å². The van der Waals surface area contributed by atoms with Crippen LogP contribution in [0, 0.1) is 6.92 Å². The van der Waals surface area contributed by atoms with Gasteiger partial charge in [-0.3, -0.25) is 0 Å². The Bertz CT molecular complexity index is 294. The van der Waals surface area contributed by atoms with Crippen LogP contribution in [0.25, 0.3) is 0 Å². The van der Waals surface area contributed by atoms with Crippen LogP contribution in [0.5, 0.6) is 5.75 Å². The van der Waals surface area contributed by atoms with Gasteiger partial charge in [-0.25, -0.2) is 0 Å². The molecule has 2 rings (SSSR count). The summed E-state index contributed by atoms with van der Waals surface area (Å²) in [4.78, 5) is 0. The Morgan fingerprint density at radius 2 is 2.27 bits per heavy atom. The highest BCUT2D eigenvalue weighted by Gasteiger charge is 2.14. The van der Waals surface area contributed by atoms with Crippen LogP contribution in [-0.2, 0) is 6.42 Å². The number of rotatable bonds is 0. The Balaban J connectivity index is 2.60. The summed E-state index contributed by atoms with van der Waals surface area (Å²) in [6.07, 6.45) is 1.03. The van der Waals surface area contributed by atoms with Crippen LogP contribution in [0.3, 0.4) is 0 Å². The van der Waals surface area contributed by atoms with Crippen molar-refractivity contribution >= 4 is 5.69 Å². The van der Waals surface area contributed by atoms with E-state index in [1.54, 1.807) is 0 Å². The molecule has 0 bridgehead atoms. The maximum atomic E-state index is 5.65. The van der Waals surface area contributed by atoms with Crippen molar-refractivity contribution in [2.75, 3.05) is 12.3 Å². The van der Waals surface area contributed by atoms with Gasteiger partial charge in [-0.15, -0.1) is 0 Å².